The van der Waals surface area contributed by atoms with Crippen molar-refractivity contribution in [3.05, 3.63) is 32.8 Å². The monoisotopic (exact) mass is 394 g/mol. The molecule has 0 atom stereocenters. The van der Waals surface area contributed by atoms with Crippen molar-refractivity contribution < 1.29 is 14.3 Å². The topological polar surface area (TPSA) is 58.6 Å². The van der Waals surface area contributed by atoms with Gasteiger partial charge >= 0.3 is 6.09 Å². The van der Waals surface area contributed by atoms with Crippen LogP contribution in [0.1, 0.15) is 51.9 Å². The van der Waals surface area contributed by atoms with Crippen LogP contribution in [0.15, 0.2) is 12.1 Å². The first-order chi connectivity index (χ1) is 10.7. The summed E-state index contributed by atoms with van der Waals surface area (Å²) in [4.78, 5) is 24.9. The molecule has 0 aliphatic carbocycles. The van der Waals surface area contributed by atoms with Crippen LogP contribution in [0.2, 0.25) is 15.1 Å². The largest absolute Gasteiger partial charge is 0.443 e. The van der Waals surface area contributed by atoms with E-state index in [4.69, 9.17) is 39.5 Å². The van der Waals surface area contributed by atoms with Crippen LogP contribution in [0, 0.1) is 0 Å². The number of nitrogens with one attached hydrogen (secondary N) is 1. The van der Waals surface area contributed by atoms with E-state index in [2.05, 4.69) is 5.43 Å². The number of nitrogens with zero attached hydrogens (tertiary/aromatic N) is 1. The molecule has 0 spiro atoms. The zero-order valence-electron chi connectivity index (χ0n) is 14.5. The lowest BCUT2D eigenvalue weighted by Crippen LogP contribution is -2.56. The molecule has 0 unspecified atom stereocenters. The lowest BCUT2D eigenvalue weighted by Gasteiger charge is -2.36. The van der Waals surface area contributed by atoms with Gasteiger partial charge in [-0.2, -0.15) is 0 Å². The summed E-state index contributed by atoms with van der Waals surface area (Å²) in [6.45, 7) is 10.4. The van der Waals surface area contributed by atoms with Gasteiger partial charge in [-0.25, -0.2) is 15.2 Å². The van der Waals surface area contributed by atoms with Gasteiger partial charge in [0.05, 0.1) is 21.1 Å². The Kier molecular flexibility index (Phi) is 6.42. The van der Waals surface area contributed by atoms with Gasteiger partial charge in [-0.3, -0.25) is 4.79 Å². The molecule has 0 bridgehead atoms. The van der Waals surface area contributed by atoms with Crippen LogP contribution in [-0.4, -0.2) is 28.1 Å². The van der Waals surface area contributed by atoms with Gasteiger partial charge < -0.3 is 4.74 Å². The van der Waals surface area contributed by atoms with E-state index in [1.165, 1.54) is 12.1 Å². The summed E-state index contributed by atoms with van der Waals surface area (Å²) in [5.74, 6) is -0.553. The molecule has 0 heterocycles. The van der Waals surface area contributed by atoms with Crippen molar-refractivity contribution in [1.82, 2.24) is 10.4 Å². The predicted molar refractivity (Wildman–Crippen MR) is 96.8 cm³/mol. The minimum atomic E-state index is -0.755. The van der Waals surface area contributed by atoms with Crippen LogP contribution in [-0.2, 0) is 4.74 Å². The van der Waals surface area contributed by atoms with E-state index >= 15 is 0 Å². The Labute approximate surface area is 157 Å². The number of rotatable bonds is 1. The molecule has 8 heteroatoms. The standard InChI is InChI=1S/C16H21Cl3N2O3/c1-15(2,3)21(20-14(23)24-16(4,5)6)13(22)10-7-9(17)8-11(18)12(10)19/h7-8H,1-6H3,(H,20,23). The number of carbonyl (C=O) groups excluding carboxylic acids is 2. The molecule has 0 radical (unpaired) electrons. The smallest absolute Gasteiger partial charge is 0.426 e. The van der Waals surface area contributed by atoms with Crippen LogP contribution < -0.4 is 5.43 Å². The summed E-state index contributed by atoms with van der Waals surface area (Å²) >= 11 is 18.0. The summed E-state index contributed by atoms with van der Waals surface area (Å²) in [7, 11) is 0. The van der Waals surface area contributed by atoms with Gasteiger partial charge in [-0.05, 0) is 53.7 Å². The Morgan fingerprint density at radius 2 is 1.58 bits per heavy atom. The van der Waals surface area contributed by atoms with Crippen LogP contribution in [0.25, 0.3) is 0 Å². The van der Waals surface area contributed by atoms with Crippen molar-refractivity contribution in [3.8, 4) is 0 Å². The first kappa shape index (κ1) is 20.9. The highest BCUT2D eigenvalue weighted by Gasteiger charge is 2.32. The average molecular weight is 396 g/mol. The molecule has 1 aromatic rings. The lowest BCUT2D eigenvalue weighted by molar-refractivity contribution is 0.0118. The highest BCUT2D eigenvalue weighted by atomic mass is 35.5. The SMILES string of the molecule is CC(C)(C)OC(=O)NN(C(=O)c1cc(Cl)cc(Cl)c1Cl)C(C)(C)C. The molecular weight excluding hydrogens is 375 g/mol. The van der Waals surface area contributed by atoms with E-state index < -0.39 is 23.1 Å². The van der Waals surface area contributed by atoms with Gasteiger partial charge in [0.1, 0.15) is 5.60 Å². The average Bonchev–Trinajstić information content (AvgIpc) is 2.36. The Hall–Kier alpha value is -1.17. The molecule has 24 heavy (non-hydrogen) atoms. The Morgan fingerprint density at radius 3 is 2.04 bits per heavy atom. The maximum Gasteiger partial charge on any atom is 0.426 e. The molecule has 0 saturated heterocycles. The Balaban J connectivity index is 3.19. The number of hydrazine groups is 1. The molecule has 1 aromatic carbocycles. The summed E-state index contributed by atoms with van der Waals surface area (Å²) in [6.07, 6.45) is -0.755. The van der Waals surface area contributed by atoms with E-state index in [-0.39, 0.29) is 20.6 Å². The normalized spacial score (nSPS) is 11.9. The Morgan fingerprint density at radius 1 is 1.04 bits per heavy atom. The van der Waals surface area contributed by atoms with Gasteiger partial charge in [-0.15, -0.1) is 0 Å². The number of halogens is 3. The third-order valence-corrected chi connectivity index (χ3v) is 3.72. The molecule has 1 rings (SSSR count). The summed E-state index contributed by atoms with van der Waals surface area (Å²) in [5.41, 5.74) is 1.09. The van der Waals surface area contributed by atoms with E-state index in [9.17, 15) is 9.59 Å². The number of ether oxygens (including phenoxy) is 1. The molecule has 0 fully saturated rings. The van der Waals surface area contributed by atoms with Crippen molar-refractivity contribution in [2.24, 2.45) is 0 Å². The van der Waals surface area contributed by atoms with Gasteiger partial charge in [-0.1, -0.05) is 34.8 Å². The van der Waals surface area contributed by atoms with Gasteiger partial charge in [0.15, 0.2) is 0 Å². The number of hydrogen-bond acceptors (Lipinski definition) is 3. The first-order valence-electron chi connectivity index (χ1n) is 7.21. The molecule has 5 nitrogen and oxygen atoms in total. The predicted octanol–water partition coefficient (Wildman–Crippen LogP) is 5.33. The first-order valence-corrected chi connectivity index (χ1v) is 8.34. The van der Waals surface area contributed by atoms with E-state index in [0.29, 0.717) is 0 Å². The number of benzene rings is 1. The second-order valence-corrected chi connectivity index (χ2v) is 8.40. The molecule has 0 aliphatic heterocycles. The number of amides is 2. The van der Waals surface area contributed by atoms with E-state index in [1.807, 2.05) is 0 Å². The third-order valence-electron chi connectivity index (χ3n) is 2.70. The highest BCUT2D eigenvalue weighted by Crippen LogP contribution is 2.31. The maximum absolute atomic E-state index is 12.9. The van der Waals surface area contributed by atoms with Crippen molar-refractivity contribution in [1.29, 1.82) is 0 Å². The third kappa shape index (κ3) is 5.72. The molecular formula is C16H21Cl3N2O3. The van der Waals surface area contributed by atoms with Crippen LogP contribution in [0.5, 0.6) is 0 Å². The molecule has 0 aliphatic rings. The second kappa shape index (κ2) is 7.38. The van der Waals surface area contributed by atoms with Crippen LogP contribution in [0.4, 0.5) is 4.79 Å². The zero-order chi connectivity index (χ0) is 18.9. The minimum absolute atomic E-state index is 0.0614. The summed E-state index contributed by atoms with van der Waals surface area (Å²) in [5, 5.41) is 1.61. The summed E-state index contributed by atoms with van der Waals surface area (Å²) in [6, 6.07) is 2.83. The van der Waals surface area contributed by atoms with Crippen molar-refractivity contribution in [3.63, 3.8) is 0 Å². The van der Waals surface area contributed by atoms with Gasteiger partial charge in [0.25, 0.3) is 5.91 Å². The number of hydrogen-bond donors (Lipinski definition) is 1. The van der Waals surface area contributed by atoms with Crippen LogP contribution >= 0.6 is 34.8 Å². The van der Waals surface area contributed by atoms with E-state index in [0.717, 1.165) is 5.01 Å². The van der Waals surface area contributed by atoms with Gasteiger partial charge in [0, 0.05) is 5.02 Å². The summed E-state index contributed by atoms with van der Waals surface area (Å²) < 4.78 is 5.20. The number of carbonyl (C=O) groups is 2. The van der Waals surface area contributed by atoms with Gasteiger partial charge in [0.2, 0.25) is 0 Å². The minimum Gasteiger partial charge on any atom is -0.443 e. The zero-order valence-corrected chi connectivity index (χ0v) is 16.7. The van der Waals surface area contributed by atoms with E-state index in [1.54, 1.807) is 41.5 Å². The fraction of sp³-hybridized carbons (Fsp3) is 0.500. The maximum atomic E-state index is 12.9. The molecule has 2 amide bonds. The van der Waals surface area contributed by atoms with Crippen molar-refractivity contribution in [2.45, 2.75) is 52.7 Å². The highest BCUT2D eigenvalue weighted by molar-refractivity contribution is 6.45. The van der Waals surface area contributed by atoms with Crippen molar-refractivity contribution in [2.75, 3.05) is 0 Å². The molecule has 134 valence electrons. The quantitative estimate of drug-likeness (QED) is 0.516. The lowest BCUT2D eigenvalue weighted by atomic mass is 10.1. The molecule has 0 saturated carbocycles. The fourth-order valence-corrected chi connectivity index (χ4v) is 2.43. The molecule has 0 aromatic heterocycles. The Bertz CT molecular complexity index is 649. The fourth-order valence-electron chi connectivity index (χ4n) is 1.75. The van der Waals surface area contributed by atoms with Crippen LogP contribution in [0.3, 0.4) is 0 Å². The second-order valence-electron chi connectivity index (χ2n) is 7.17. The van der Waals surface area contributed by atoms with Crippen molar-refractivity contribution >= 4 is 46.8 Å². The molecule has 1 N–H and O–H groups in total.